The highest BCUT2D eigenvalue weighted by atomic mass is 32.2. The lowest BCUT2D eigenvalue weighted by Gasteiger charge is -2.31. The molecule has 3 rings (SSSR count). The zero-order valence-electron chi connectivity index (χ0n) is 15.5. The van der Waals surface area contributed by atoms with E-state index < -0.39 is 0 Å². The van der Waals surface area contributed by atoms with E-state index in [0.717, 1.165) is 36.6 Å². The number of likely N-dealkylation sites (N-methyl/N-ethyl adjacent to an activating group) is 1. The number of carbonyl (C=O) groups excluding carboxylic acids is 1. The van der Waals surface area contributed by atoms with Gasteiger partial charge in [0.15, 0.2) is 0 Å². The highest BCUT2D eigenvalue weighted by molar-refractivity contribution is 7.99. The predicted octanol–water partition coefficient (Wildman–Crippen LogP) is 2.74. The van der Waals surface area contributed by atoms with E-state index in [1.165, 1.54) is 12.1 Å². The van der Waals surface area contributed by atoms with E-state index in [4.69, 9.17) is 0 Å². The van der Waals surface area contributed by atoms with Gasteiger partial charge in [-0.1, -0.05) is 0 Å². The maximum atomic E-state index is 13.2. The molecular weight excluding hydrogens is 351 g/mol. The van der Waals surface area contributed by atoms with Gasteiger partial charge in [-0.05, 0) is 56.6 Å². The summed E-state index contributed by atoms with van der Waals surface area (Å²) in [7, 11) is 5.86. The average Bonchev–Trinajstić information content (AvgIpc) is 2.84. The Balaban J connectivity index is 1.87. The molecule has 26 heavy (non-hydrogen) atoms. The third-order valence-corrected chi connectivity index (χ3v) is 5.71. The van der Waals surface area contributed by atoms with Crippen LogP contribution in [0.15, 0.2) is 30.3 Å². The summed E-state index contributed by atoms with van der Waals surface area (Å²) < 4.78 is 14.8. The Morgan fingerprint density at radius 3 is 2.77 bits per heavy atom. The maximum absolute atomic E-state index is 13.2. The second-order valence-corrected chi connectivity index (χ2v) is 8.04. The van der Waals surface area contributed by atoms with Gasteiger partial charge < -0.3 is 9.80 Å². The molecule has 2 heterocycles. The topological polar surface area (TPSA) is 41.4 Å². The van der Waals surface area contributed by atoms with Crippen LogP contribution in [0.5, 0.6) is 0 Å². The molecule has 0 N–H and O–H groups in total. The zero-order chi connectivity index (χ0) is 18.7. The van der Waals surface area contributed by atoms with Crippen molar-refractivity contribution in [3.8, 4) is 11.3 Å². The van der Waals surface area contributed by atoms with E-state index >= 15 is 0 Å². The van der Waals surface area contributed by atoms with E-state index in [0.29, 0.717) is 11.4 Å². The first-order valence-corrected chi connectivity index (χ1v) is 9.94. The lowest BCUT2D eigenvalue weighted by atomic mass is 10.1. The normalized spacial score (nSPS) is 18.2. The van der Waals surface area contributed by atoms with Crippen LogP contribution < -0.4 is 0 Å². The number of aromatic nitrogens is 2. The molecule has 7 heteroatoms. The van der Waals surface area contributed by atoms with Crippen LogP contribution in [0.3, 0.4) is 0 Å². The van der Waals surface area contributed by atoms with Crippen molar-refractivity contribution in [2.24, 2.45) is 7.05 Å². The lowest BCUT2D eigenvalue weighted by Crippen LogP contribution is -2.47. The first kappa shape index (κ1) is 18.9. The average molecular weight is 377 g/mol. The van der Waals surface area contributed by atoms with Crippen LogP contribution in [0, 0.1) is 5.82 Å². The molecule has 1 unspecified atom stereocenters. The van der Waals surface area contributed by atoms with Gasteiger partial charge in [-0.25, -0.2) is 4.39 Å². The summed E-state index contributed by atoms with van der Waals surface area (Å²) in [4.78, 5) is 17.4. The van der Waals surface area contributed by atoms with Crippen molar-refractivity contribution in [1.82, 2.24) is 19.6 Å². The SMILES string of the molecule is CN(C)CC1CSCCCN1C(=O)c1cc(-c2ccc(F)cc2)nn1C. The van der Waals surface area contributed by atoms with Crippen molar-refractivity contribution in [3.05, 3.63) is 41.8 Å². The minimum absolute atomic E-state index is 0.0164. The van der Waals surface area contributed by atoms with E-state index in [1.807, 2.05) is 30.8 Å². The number of aryl methyl sites for hydroxylation is 1. The fourth-order valence-electron chi connectivity index (χ4n) is 3.25. The van der Waals surface area contributed by atoms with Crippen molar-refractivity contribution in [3.63, 3.8) is 0 Å². The van der Waals surface area contributed by atoms with Crippen molar-refractivity contribution in [1.29, 1.82) is 0 Å². The molecule has 1 atom stereocenters. The molecule has 140 valence electrons. The van der Waals surface area contributed by atoms with E-state index in [2.05, 4.69) is 10.00 Å². The quantitative estimate of drug-likeness (QED) is 0.823. The van der Waals surface area contributed by atoms with E-state index in [-0.39, 0.29) is 17.8 Å². The van der Waals surface area contributed by atoms with Crippen molar-refractivity contribution in [2.75, 3.05) is 38.7 Å². The van der Waals surface area contributed by atoms with Gasteiger partial charge in [0.25, 0.3) is 5.91 Å². The molecule has 1 amide bonds. The number of halogens is 1. The fourth-order valence-corrected chi connectivity index (χ4v) is 4.30. The minimum atomic E-state index is -0.283. The second kappa shape index (κ2) is 8.22. The Morgan fingerprint density at radius 1 is 1.35 bits per heavy atom. The van der Waals surface area contributed by atoms with Crippen LogP contribution >= 0.6 is 11.8 Å². The highest BCUT2D eigenvalue weighted by Crippen LogP contribution is 2.23. The van der Waals surface area contributed by atoms with E-state index in [9.17, 15) is 9.18 Å². The number of hydrogen-bond donors (Lipinski definition) is 0. The molecule has 0 spiro atoms. The number of carbonyl (C=O) groups is 1. The van der Waals surface area contributed by atoms with Gasteiger partial charge in [0.1, 0.15) is 11.5 Å². The van der Waals surface area contributed by atoms with Crippen molar-refractivity contribution >= 4 is 17.7 Å². The Bertz CT molecular complexity index is 759. The van der Waals surface area contributed by atoms with E-state index in [1.54, 1.807) is 29.9 Å². The third-order valence-electron chi connectivity index (χ3n) is 4.51. The first-order valence-electron chi connectivity index (χ1n) is 8.79. The summed E-state index contributed by atoms with van der Waals surface area (Å²) >= 11 is 1.91. The summed E-state index contributed by atoms with van der Waals surface area (Å²) in [6.07, 6.45) is 1.00. The van der Waals surface area contributed by atoms with Gasteiger partial charge in [-0.15, -0.1) is 0 Å². The monoisotopic (exact) mass is 376 g/mol. The largest absolute Gasteiger partial charge is 0.332 e. The van der Waals surface area contributed by atoms with Crippen LogP contribution in [0.2, 0.25) is 0 Å². The number of rotatable bonds is 4. The van der Waals surface area contributed by atoms with Gasteiger partial charge in [0.2, 0.25) is 0 Å². The molecule has 2 aromatic rings. The summed E-state index contributed by atoms with van der Waals surface area (Å²) in [5, 5.41) is 4.47. The number of amides is 1. The number of hydrogen-bond acceptors (Lipinski definition) is 4. The minimum Gasteiger partial charge on any atom is -0.332 e. The van der Waals surface area contributed by atoms with Gasteiger partial charge in [0.05, 0.1) is 11.7 Å². The number of thioether (sulfide) groups is 1. The smallest absolute Gasteiger partial charge is 0.272 e. The molecule has 1 saturated heterocycles. The first-order chi connectivity index (χ1) is 12.5. The van der Waals surface area contributed by atoms with Crippen LogP contribution in [0.25, 0.3) is 11.3 Å². The van der Waals surface area contributed by atoms with Crippen molar-refractivity contribution in [2.45, 2.75) is 12.5 Å². The molecule has 1 aliphatic heterocycles. The molecule has 0 bridgehead atoms. The molecule has 1 aromatic heterocycles. The molecule has 0 aliphatic carbocycles. The van der Waals surface area contributed by atoms with Gasteiger partial charge >= 0.3 is 0 Å². The predicted molar refractivity (Wildman–Crippen MR) is 104 cm³/mol. The van der Waals surface area contributed by atoms with Crippen LogP contribution in [0.1, 0.15) is 16.9 Å². The Morgan fingerprint density at radius 2 is 2.08 bits per heavy atom. The van der Waals surface area contributed by atoms with Gasteiger partial charge in [-0.2, -0.15) is 16.9 Å². The van der Waals surface area contributed by atoms with Crippen LogP contribution in [-0.2, 0) is 7.05 Å². The molecule has 1 aliphatic rings. The number of benzene rings is 1. The maximum Gasteiger partial charge on any atom is 0.272 e. The molecule has 0 radical (unpaired) electrons. The molecule has 1 aromatic carbocycles. The standard InChI is InChI=1S/C19H25FN4OS/c1-22(2)12-16-13-26-10-4-9-24(16)19(25)18-11-17(21-23(18)3)14-5-7-15(20)8-6-14/h5-8,11,16H,4,9-10,12-13H2,1-3H3. The third kappa shape index (κ3) is 4.27. The molecule has 5 nitrogen and oxygen atoms in total. The summed E-state index contributed by atoms with van der Waals surface area (Å²) in [5.74, 6) is 1.77. The van der Waals surface area contributed by atoms with Crippen LogP contribution in [-0.4, -0.2) is 70.2 Å². The summed E-state index contributed by atoms with van der Waals surface area (Å²) in [6, 6.07) is 8.18. The fraction of sp³-hybridized carbons (Fsp3) is 0.474. The zero-order valence-corrected chi connectivity index (χ0v) is 16.3. The Kier molecular flexibility index (Phi) is 5.98. The second-order valence-electron chi connectivity index (χ2n) is 6.89. The van der Waals surface area contributed by atoms with Crippen molar-refractivity contribution < 1.29 is 9.18 Å². The lowest BCUT2D eigenvalue weighted by molar-refractivity contribution is 0.0664. The highest BCUT2D eigenvalue weighted by Gasteiger charge is 2.29. The van der Waals surface area contributed by atoms with Crippen LogP contribution in [0.4, 0.5) is 4.39 Å². The molecule has 1 fully saturated rings. The molecular formula is C19H25FN4OS. The van der Waals surface area contributed by atoms with Gasteiger partial charge in [0, 0.05) is 31.5 Å². The summed E-state index contributed by atoms with van der Waals surface area (Å²) in [6.45, 7) is 1.61. The Labute approximate surface area is 158 Å². The van der Waals surface area contributed by atoms with Gasteiger partial charge in [-0.3, -0.25) is 9.48 Å². The Hall–Kier alpha value is -1.86. The summed E-state index contributed by atoms with van der Waals surface area (Å²) in [5.41, 5.74) is 2.06. The number of nitrogens with zero attached hydrogens (tertiary/aromatic N) is 4. The molecule has 0 saturated carbocycles.